The fraction of sp³-hybridized carbons (Fsp3) is 0.0833. The van der Waals surface area contributed by atoms with E-state index in [1.165, 1.54) is 30.0 Å². The molecule has 0 saturated heterocycles. The Morgan fingerprint density at radius 1 is 0.939 bits per heavy atom. The zero-order valence-corrected chi connectivity index (χ0v) is 18.6. The maximum Gasteiger partial charge on any atom is 0.248 e. The molecular formula is C24H21N5O3S. The molecule has 5 N–H and O–H groups in total. The molecule has 166 valence electrons. The number of aromatic nitrogens is 2. The normalized spacial score (nSPS) is 10.8. The van der Waals surface area contributed by atoms with Crippen LogP contribution in [0.4, 0.5) is 5.69 Å². The molecule has 4 rings (SSSR count). The molecule has 3 amide bonds. The predicted octanol–water partition coefficient (Wildman–Crippen LogP) is 3.26. The van der Waals surface area contributed by atoms with E-state index in [2.05, 4.69) is 11.4 Å². The number of hydrogen-bond donors (Lipinski definition) is 3. The number of carbonyl (C=O) groups is 3. The minimum atomic E-state index is -0.727. The zero-order chi connectivity index (χ0) is 23.5. The number of carbonyl (C=O) groups excluding carboxylic acids is 3. The zero-order valence-electron chi connectivity index (χ0n) is 17.7. The maximum atomic E-state index is 12.7. The standard InChI is InChI=1S/C24H21N5O3S/c1-14-5-4-6-18(9-14)29-20-8-3-2-7-19(20)28-24(29)33-13-21(30)27-17-11-15(22(25)31)10-16(12-17)23(26)32/h2-12H,13H2,1H3,(H2,25,31)(H2,26,32)(H,27,30). The number of anilines is 1. The number of primary amides is 2. The number of thioether (sulfide) groups is 1. The Morgan fingerprint density at radius 3 is 2.30 bits per heavy atom. The molecular weight excluding hydrogens is 438 g/mol. The van der Waals surface area contributed by atoms with Gasteiger partial charge in [0.25, 0.3) is 0 Å². The maximum absolute atomic E-state index is 12.7. The van der Waals surface area contributed by atoms with E-state index in [0.29, 0.717) is 5.16 Å². The fourth-order valence-electron chi connectivity index (χ4n) is 3.43. The van der Waals surface area contributed by atoms with Gasteiger partial charge in [0.15, 0.2) is 5.16 Å². The summed E-state index contributed by atoms with van der Waals surface area (Å²) in [5.41, 5.74) is 14.9. The molecule has 1 aromatic heterocycles. The summed E-state index contributed by atoms with van der Waals surface area (Å²) in [5.74, 6) is -1.73. The van der Waals surface area contributed by atoms with Gasteiger partial charge in [-0.3, -0.25) is 19.0 Å². The lowest BCUT2D eigenvalue weighted by molar-refractivity contribution is -0.113. The van der Waals surface area contributed by atoms with Crippen LogP contribution in [0.15, 0.2) is 71.9 Å². The third-order valence-electron chi connectivity index (χ3n) is 4.91. The molecule has 0 unspecified atom stereocenters. The molecule has 0 bridgehead atoms. The van der Waals surface area contributed by atoms with Crippen LogP contribution in [0.2, 0.25) is 0 Å². The van der Waals surface area contributed by atoms with Crippen molar-refractivity contribution in [3.8, 4) is 5.69 Å². The van der Waals surface area contributed by atoms with Gasteiger partial charge in [0.2, 0.25) is 17.7 Å². The van der Waals surface area contributed by atoms with Crippen LogP contribution in [0.25, 0.3) is 16.7 Å². The Bertz CT molecular complexity index is 1360. The molecule has 3 aromatic carbocycles. The van der Waals surface area contributed by atoms with E-state index >= 15 is 0 Å². The second kappa shape index (κ2) is 9.17. The molecule has 0 spiro atoms. The van der Waals surface area contributed by atoms with E-state index in [1.54, 1.807) is 0 Å². The van der Waals surface area contributed by atoms with Crippen molar-refractivity contribution in [3.05, 3.63) is 83.4 Å². The number of nitrogens with one attached hydrogen (secondary N) is 1. The highest BCUT2D eigenvalue weighted by molar-refractivity contribution is 7.99. The van der Waals surface area contributed by atoms with E-state index in [9.17, 15) is 14.4 Å². The minimum absolute atomic E-state index is 0.0574. The van der Waals surface area contributed by atoms with Gasteiger partial charge in [0, 0.05) is 22.5 Å². The number of amides is 3. The molecule has 0 fully saturated rings. The van der Waals surface area contributed by atoms with Gasteiger partial charge in [-0.1, -0.05) is 36.0 Å². The Labute approximate surface area is 194 Å². The molecule has 0 aliphatic rings. The highest BCUT2D eigenvalue weighted by Crippen LogP contribution is 2.28. The van der Waals surface area contributed by atoms with Gasteiger partial charge in [-0.05, 0) is 55.0 Å². The Hall–Kier alpha value is -4.11. The number of rotatable bonds is 7. The van der Waals surface area contributed by atoms with Crippen LogP contribution in [0.3, 0.4) is 0 Å². The third kappa shape index (κ3) is 4.88. The van der Waals surface area contributed by atoms with Crippen molar-refractivity contribution in [2.24, 2.45) is 11.5 Å². The van der Waals surface area contributed by atoms with Crippen LogP contribution in [0.5, 0.6) is 0 Å². The lowest BCUT2D eigenvalue weighted by atomic mass is 10.1. The molecule has 8 nitrogen and oxygen atoms in total. The SMILES string of the molecule is Cc1cccc(-n2c(SCC(=O)Nc3cc(C(N)=O)cc(C(N)=O)c3)nc3ccccc32)c1. The third-order valence-corrected chi connectivity index (χ3v) is 5.85. The van der Waals surface area contributed by atoms with Crippen LogP contribution in [-0.2, 0) is 4.79 Å². The molecule has 0 radical (unpaired) electrons. The number of imidazole rings is 1. The van der Waals surface area contributed by atoms with Gasteiger partial charge in [-0.2, -0.15) is 0 Å². The van der Waals surface area contributed by atoms with Crippen LogP contribution in [0, 0.1) is 6.92 Å². The second-order valence-corrected chi connectivity index (χ2v) is 8.36. The minimum Gasteiger partial charge on any atom is -0.366 e. The molecule has 0 aliphatic carbocycles. The summed E-state index contributed by atoms with van der Waals surface area (Å²) in [6.45, 7) is 2.02. The van der Waals surface area contributed by atoms with Crippen LogP contribution < -0.4 is 16.8 Å². The van der Waals surface area contributed by atoms with Crippen molar-refractivity contribution in [2.45, 2.75) is 12.1 Å². The van der Waals surface area contributed by atoms with Crippen molar-refractivity contribution >= 4 is 46.2 Å². The molecule has 4 aromatic rings. The summed E-state index contributed by atoms with van der Waals surface area (Å²) in [6, 6.07) is 19.9. The summed E-state index contributed by atoms with van der Waals surface area (Å²) in [7, 11) is 0. The second-order valence-electron chi connectivity index (χ2n) is 7.42. The molecule has 33 heavy (non-hydrogen) atoms. The molecule has 0 aliphatic heterocycles. The lowest BCUT2D eigenvalue weighted by Gasteiger charge is -2.11. The van der Waals surface area contributed by atoms with Crippen molar-refractivity contribution in [2.75, 3.05) is 11.1 Å². The summed E-state index contributed by atoms with van der Waals surface area (Å²) in [5, 5.41) is 3.36. The van der Waals surface area contributed by atoms with Gasteiger partial charge >= 0.3 is 0 Å². The number of aryl methyl sites for hydroxylation is 1. The quantitative estimate of drug-likeness (QED) is 0.365. The monoisotopic (exact) mass is 459 g/mol. The number of hydrogen-bond acceptors (Lipinski definition) is 5. The largest absolute Gasteiger partial charge is 0.366 e. The van der Waals surface area contributed by atoms with Crippen molar-refractivity contribution in [3.63, 3.8) is 0 Å². The Balaban J connectivity index is 1.58. The van der Waals surface area contributed by atoms with Crippen LogP contribution in [-0.4, -0.2) is 33.0 Å². The average molecular weight is 460 g/mol. The Morgan fingerprint density at radius 2 is 1.64 bits per heavy atom. The smallest absolute Gasteiger partial charge is 0.248 e. The first-order valence-corrected chi connectivity index (χ1v) is 11.0. The van der Waals surface area contributed by atoms with Gasteiger partial charge in [-0.15, -0.1) is 0 Å². The highest BCUT2D eigenvalue weighted by Gasteiger charge is 2.16. The van der Waals surface area contributed by atoms with E-state index < -0.39 is 11.8 Å². The average Bonchev–Trinajstić information content (AvgIpc) is 3.16. The first-order valence-electron chi connectivity index (χ1n) is 10.0. The number of fused-ring (bicyclic) bond motifs is 1. The van der Waals surface area contributed by atoms with Crippen molar-refractivity contribution in [1.29, 1.82) is 0 Å². The Kier molecular flexibility index (Phi) is 6.14. The molecule has 0 atom stereocenters. The number of para-hydroxylation sites is 2. The lowest BCUT2D eigenvalue weighted by Crippen LogP contribution is -2.19. The predicted molar refractivity (Wildman–Crippen MR) is 129 cm³/mol. The molecule has 9 heteroatoms. The summed E-state index contributed by atoms with van der Waals surface area (Å²) in [4.78, 5) is 40.5. The van der Waals surface area contributed by atoms with Gasteiger partial charge in [-0.25, -0.2) is 4.98 Å². The van der Waals surface area contributed by atoms with E-state index in [0.717, 1.165) is 22.3 Å². The number of nitrogens with two attached hydrogens (primary N) is 2. The van der Waals surface area contributed by atoms with Gasteiger partial charge in [0.05, 0.1) is 16.8 Å². The fourth-order valence-corrected chi connectivity index (χ4v) is 4.26. The molecule has 1 heterocycles. The summed E-state index contributed by atoms with van der Waals surface area (Å²) >= 11 is 1.28. The topological polar surface area (TPSA) is 133 Å². The first kappa shape index (κ1) is 22.1. The van der Waals surface area contributed by atoms with Crippen molar-refractivity contribution < 1.29 is 14.4 Å². The summed E-state index contributed by atoms with van der Waals surface area (Å²) in [6.07, 6.45) is 0. The number of benzene rings is 3. The van der Waals surface area contributed by atoms with E-state index in [4.69, 9.17) is 16.5 Å². The van der Waals surface area contributed by atoms with Gasteiger partial charge in [0.1, 0.15) is 0 Å². The molecule has 0 saturated carbocycles. The first-order chi connectivity index (χ1) is 15.8. The van der Waals surface area contributed by atoms with E-state index in [-0.39, 0.29) is 28.5 Å². The van der Waals surface area contributed by atoms with Crippen LogP contribution >= 0.6 is 11.8 Å². The van der Waals surface area contributed by atoms with Gasteiger partial charge < -0.3 is 16.8 Å². The number of nitrogens with zero attached hydrogens (tertiary/aromatic N) is 2. The summed E-state index contributed by atoms with van der Waals surface area (Å²) < 4.78 is 2.01. The van der Waals surface area contributed by atoms with Crippen LogP contribution in [0.1, 0.15) is 26.3 Å². The van der Waals surface area contributed by atoms with Crippen molar-refractivity contribution in [1.82, 2.24) is 9.55 Å². The highest BCUT2D eigenvalue weighted by atomic mass is 32.2. The van der Waals surface area contributed by atoms with E-state index in [1.807, 2.05) is 54.0 Å².